The van der Waals surface area contributed by atoms with E-state index in [9.17, 15) is 9.18 Å². The molecule has 12 heavy (non-hydrogen) atoms. The first kappa shape index (κ1) is 8.46. The van der Waals surface area contributed by atoms with E-state index in [4.69, 9.17) is 5.73 Å². The van der Waals surface area contributed by atoms with Gasteiger partial charge in [0.1, 0.15) is 5.82 Å². The highest BCUT2D eigenvalue weighted by molar-refractivity contribution is 5.93. The Morgan fingerprint density at radius 1 is 1.50 bits per heavy atom. The number of halogens is 1. The lowest BCUT2D eigenvalue weighted by molar-refractivity contribution is 0.1000. The maximum Gasteiger partial charge on any atom is 0.248 e. The van der Waals surface area contributed by atoms with Crippen LogP contribution in [0.5, 0.6) is 0 Å². The smallest absolute Gasteiger partial charge is 0.248 e. The van der Waals surface area contributed by atoms with E-state index in [1.54, 1.807) is 0 Å². The fraction of sp³-hybridized carbons (Fsp3) is 0. The van der Waals surface area contributed by atoms with E-state index in [-0.39, 0.29) is 5.56 Å². The van der Waals surface area contributed by atoms with Gasteiger partial charge in [0.25, 0.3) is 0 Å². The minimum atomic E-state index is -0.661. The van der Waals surface area contributed by atoms with Crippen molar-refractivity contribution in [3.63, 3.8) is 0 Å². The molecule has 0 aromatic heterocycles. The fourth-order valence-corrected chi connectivity index (χ4v) is 0.834. The Morgan fingerprint density at radius 3 is 2.67 bits per heavy atom. The van der Waals surface area contributed by atoms with Crippen molar-refractivity contribution >= 4 is 5.91 Å². The summed E-state index contributed by atoms with van der Waals surface area (Å²) in [7, 11) is 0. The molecule has 0 aliphatic heterocycles. The second kappa shape index (κ2) is 3.17. The summed E-state index contributed by atoms with van der Waals surface area (Å²) in [5.74, 6) is -1.18. The molecular formula is C9H7FNO. The molecule has 0 aliphatic rings. The zero-order chi connectivity index (χ0) is 9.14. The Morgan fingerprint density at radius 2 is 2.17 bits per heavy atom. The van der Waals surface area contributed by atoms with Crippen molar-refractivity contribution in [1.82, 2.24) is 0 Å². The van der Waals surface area contributed by atoms with E-state index < -0.39 is 11.7 Å². The number of nitrogens with two attached hydrogens (primary N) is 1. The van der Waals surface area contributed by atoms with E-state index in [1.807, 2.05) is 0 Å². The Kier molecular flexibility index (Phi) is 2.24. The lowest BCUT2D eigenvalue weighted by Crippen LogP contribution is -2.11. The van der Waals surface area contributed by atoms with Gasteiger partial charge in [-0.2, -0.15) is 0 Å². The monoisotopic (exact) mass is 164 g/mol. The Bertz CT molecular complexity index is 333. The van der Waals surface area contributed by atoms with Crippen LogP contribution in [0.1, 0.15) is 15.9 Å². The van der Waals surface area contributed by atoms with E-state index in [2.05, 4.69) is 12.7 Å². The van der Waals surface area contributed by atoms with Gasteiger partial charge in [-0.3, -0.25) is 4.79 Å². The summed E-state index contributed by atoms with van der Waals surface area (Å²) in [5.41, 5.74) is 5.50. The molecule has 0 saturated heterocycles. The first-order chi connectivity index (χ1) is 5.63. The molecule has 0 aliphatic carbocycles. The molecule has 0 bridgehead atoms. The van der Waals surface area contributed by atoms with Crippen molar-refractivity contribution < 1.29 is 9.18 Å². The minimum absolute atomic E-state index is 0.126. The van der Waals surface area contributed by atoms with Crippen molar-refractivity contribution in [2.45, 2.75) is 0 Å². The molecule has 1 rings (SSSR count). The molecule has 1 aromatic rings. The lowest BCUT2D eigenvalue weighted by atomic mass is 10.1. The number of carbonyl (C=O) groups excluding carboxylic acids is 1. The van der Waals surface area contributed by atoms with Crippen molar-refractivity contribution in [2.75, 3.05) is 0 Å². The minimum Gasteiger partial charge on any atom is -0.366 e. The average Bonchev–Trinajstić information content (AvgIpc) is 2.03. The van der Waals surface area contributed by atoms with Crippen LogP contribution in [0.15, 0.2) is 24.8 Å². The molecule has 2 N–H and O–H groups in total. The number of hydrogen-bond donors (Lipinski definition) is 1. The van der Waals surface area contributed by atoms with Crippen LogP contribution in [-0.2, 0) is 0 Å². The summed E-state index contributed by atoms with van der Waals surface area (Å²) in [6.07, 6.45) is 2.47. The highest BCUT2D eigenvalue weighted by Crippen LogP contribution is 2.08. The third-order valence-corrected chi connectivity index (χ3v) is 1.39. The fourth-order valence-electron chi connectivity index (χ4n) is 0.834. The topological polar surface area (TPSA) is 43.1 Å². The Hall–Kier alpha value is -1.64. The van der Waals surface area contributed by atoms with Gasteiger partial charge in [-0.05, 0) is 29.8 Å². The van der Waals surface area contributed by atoms with Crippen molar-refractivity contribution in [2.24, 2.45) is 5.73 Å². The number of hydrogen-bond acceptors (Lipinski definition) is 1. The number of rotatable bonds is 2. The van der Waals surface area contributed by atoms with Crippen LogP contribution < -0.4 is 5.73 Å². The molecule has 0 saturated carbocycles. The number of primary amides is 1. The standard InChI is InChI=1S/C9H7FNO/c1-2-6-3-7(9(11)12)5-8(10)4-6/h3-5H,1H2,(H2,11,12). The van der Waals surface area contributed by atoms with Gasteiger partial charge in [0.05, 0.1) is 0 Å². The molecule has 1 radical (unpaired) electrons. The van der Waals surface area contributed by atoms with Crippen LogP contribution in [0.25, 0.3) is 0 Å². The quantitative estimate of drug-likeness (QED) is 0.702. The molecule has 0 spiro atoms. The predicted molar refractivity (Wildman–Crippen MR) is 42.9 cm³/mol. The molecule has 1 aromatic carbocycles. The summed E-state index contributed by atoms with van der Waals surface area (Å²) in [5, 5.41) is 0. The Balaban J connectivity index is 3.23. The van der Waals surface area contributed by atoms with Gasteiger partial charge in [-0.1, -0.05) is 6.58 Å². The summed E-state index contributed by atoms with van der Waals surface area (Å²) < 4.78 is 12.7. The second-order valence-corrected chi connectivity index (χ2v) is 2.27. The molecule has 2 nitrogen and oxygen atoms in total. The van der Waals surface area contributed by atoms with Gasteiger partial charge in [0.2, 0.25) is 5.91 Å². The normalized spacial score (nSPS) is 9.42. The number of benzene rings is 1. The van der Waals surface area contributed by atoms with Gasteiger partial charge in [-0.25, -0.2) is 4.39 Å². The van der Waals surface area contributed by atoms with Crippen molar-refractivity contribution in [1.29, 1.82) is 0 Å². The van der Waals surface area contributed by atoms with Gasteiger partial charge >= 0.3 is 0 Å². The van der Waals surface area contributed by atoms with Crippen LogP contribution >= 0.6 is 0 Å². The summed E-state index contributed by atoms with van der Waals surface area (Å²) >= 11 is 0. The van der Waals surface area contributed by atoms with Crippen LogP contribution in [0, 0.1) is 11.9 Å². The molecule has 1 amide bonds. The third kappa shape index (κ3) is 1.69. The molecule has 0 atom stereocenters. The van der Waals surface area contributed by atoms with E-state index in [1.165, 1.54) is 12.1 Å². The van der Waals surface area contributed by atoms with E-state index in [0.29, 0.717) is 5.56 Å². The first-order valence-corrected chi connectivity index (χ1v) is 3.27. The zero-order valence-electron chi connectivity index (χ0n) is 6.30. The summed E-state index contributed by atoms with van der Waals surface area (Å²) in [6.45, 7) is 3.33. The predicted octanol–water partition coefficient (Wildman–Crippen LogP) is 1.26. The van der Waals surface area contributed by atoms with Crippen LogP contribution in [0.3, 0.4) is 0 Å². The zero-order valence-corrected chi connectivity index (χ0v) is 6.30. The Labute approximate surface area is 69.5 Å². The van der Waals surface area contributed by atoms with Crippen molar-refractivity contribution in [3.05, 3.63) is 47.8 Å². The van der Waals surface area contributed by atoms with Gasteiger partial charge in [-0.15, -0.1) is 0 Å². The molecule has 61 valence electrons. The van der Waals surface area contributed by atoms with E-state index >= 15 is 0 Å². The molecule has 3 heteroatoms. The molecular weight excluding hydrogens is 157 g/mol. The third-order valence-electron chi connectivity index (χ3n) is 1.39. The second-order valence-electron chi connectivity index (χ2n) is 2.27. The highest BCUT2D eigenvalue weighted by Gasteiger charge is 2.03. The van der Waals surface area contributed by atoms with Crippen LogP contribution in [0.2, 0.25) is 0 Å². The maximum atomic E-state index is 12.7. The highest BCUT2D eigenvalue weighted by atomic mass is 19.1. The summed E-state index contributed by atoms with van der Waals surface area (Å²) in [4.78, 5) is 10.6. The van der Waals surface area contributed by atoms with Gasteiger partial charge in [0, 0.05) is 5.56 Å². The molecule has 0 unspecified atom stereocenters. The van der Waals surface area contributed by atoms with E-state index in [0.717, 1.165) is 6.07 Å². The summed E-state index contributed by atoms with van der Waals surface area (Å²) in [6, 6.07) is 3.72. The molecule has 0 heterocycles. The first-order valence-electron chi connectivity index (χ1n) is 3.27. The van der Waals surface area contributed by atoms with Gasteiger partial charge < -0.3 is 5.73 Å². The van der Waals surface area contributed by atoms with Crippen LogP contribution in [-0.4, -0.2) is 5.91 Å². The largest absolute Gasteiger partial charge is 0.366 e. The number of amides is 1. The number of carbonyl (C=O) groups is 1. The average molecular weight is 164 g/mol. The SMILES string of the molecule is C=[C]c1cc(F)cc(C(N)=O)c1. The maximum absolute atomic E-state index is 12.7. The van der Waals surface area contributed by atoms with Crippen molar-refractivity contribution in [3.8, 4) is 0 Å². The molecule has 0 fully saturated rings. The lowest BCUT2D eigenvalue weighted by Gasteiger charge is -1.97. The van der Waals surface area contributed by atoms with Crippen LogP contribution in [0.4, 0.5) is 4.39 Å². The van der Waals surface area contributed by atoms with Gasteiger partial charge in [0.15, 0.2) is 0 Å².